The van der Waals surface area contributed by atoms with E-state index in [2.05, 4.69) is 72.9 Å². The van der Waals surface area contributed by atoms with E-state index in [1.54, 1.807) is 0 Å². The Kier molecular flexibility index (Phi) is 5.26. The molecule has 3 heteroatoms. The Bertz CT molecular complexity index is 404. The van der Waals surface area contributed by atoms with Crippen LogP contribution in [0.15, 0.2) is 24.3 Å². The molecule has 1 aliphatic rings. The number of hydrogen-bond donors (Lipinski definition) is 1. The topological polar surface area (TPSA) is 21.3 Å². The first-order valence-electron chi connectivity index (χ1n) is 7.11. The maximum absolute atomic E-state index is 5.86. The number of benzene rings is 1. The monoisotopic (exact) mass is 373 g/mol. The number of rotatable bonds is 5. The Labute approximate surface area is 130 Å². The lowest BCUT2D eigenvalue weighted by Gasteiger charge is -2.33. The third kappa shape index (κ3) is 3.92. The van der Waals surface area contributed by atoms with E-state index in [4.69, 9.17) is 4.74 Å². The summed E-state index contributed by atoms with van der Waals surface area (Å²) < 4.78 is 7.15. The third-order valence-corrected chi connectivity index (χ3v) is 4.88. The molecule has 0 aromatic heterocycles. The van der Waals surface area contributed by atoms with Crippen molar-refractivity contribution in [1.29, 1.82) is 0 Å². The molecular weight excluding hydrogens is 349 g/mol. The average molecular weight is 373 g/mol. The molecule has 0 aliphatic carbocycles. The molecule has 0 amide bonds. The highest BCUT2D eigenvalue weighted by Gasteiger charge is 2.41. The molecule has 0 saturated carbocycles. The first-order valence-corrected chi connectivity index (χ1v) is 8.19. The molecule has 1 heterocycles. The zero-order chi connectivity index (χ0) is 13.9. The number of halogens is 1. The van der Waals surface area contributed by atoms with E-state index >= 15 is 0 Å². The molecule has 2 nitrogen and oxygen atoms in total. The predicted octanol–water partition coefficient (Wildman–Crippen LogP) is 3.63. The Morgan fingerprint density at radius 1 is 1.37 bits per heavy atom. The molecule has 0 radical (unpaired) electrons. The van der Waals surface area contributed by atoms with Crippen molar-refractivity contribution >= 4 is 22.6 Å². The van der Waals surface area contributed by atoms with Crippen LogP contribution in [-0.4, -0.2) is 25.3 Å². The molecule has 1 aromatic rings. The van der Waals surface area contributed by atoms with E-state index in [-0.39, 0.29) is 5.41 Å². The van der Waals surface area contributed by atoms with Crippen molar-refractivity contribution in [2.24, 2.45) is 5.41 Å². The van der Waals surface area contributed by atoms with Crippen molar-refractivity contribution in [1.82, 2.24) is 5.32 Å². The van der Waals surface area contributed by atoms with Crippen molar-refractivity contribution in [2.45, 2.75) is 45.8 Å². The standard InChI is InChI=1S/C16H24INO/c1-12(2)18-11-16(8-9-19-13(16)3)10-14-4-6-15(17)7-5-14/h4-7,12-13,18H,8-11H2,1-3H3. The summed E-state index contributed by atoms with van der Waals surface area (Å²) in [6.07, 6.45) is 2.59. The van der Waals surface area contributed by atoms with E-state index in [1.807, 2.05) is 0 Å². The number of nitrogens with one attached hydrogen (secondary N) is 1. The van der Waals surface area contributed by atoms with Crippen LogP contribution in [0.2, 0.25) is 0 Å². The van der Waals surface area contributed by atoms with Crippen LogP contribution >= 0.6 is 22.6 Å². The van der Waals surface area contributed by atoms with E-state index in [1.165, 1.54) is 9.13 Å². The second-order valence-electron chi connectivity index (χ2n) is 5.96. The van der Waals surface area contributed by atoms with Crippen LogP contribution in [-0.2, 0) is 11.2 Å². The zero-order valence-corrected chi connectivity index (χ0v) is 14.2. The predicted molar refractivity (Wildman–Crippen MR) is 88.5 cm³/mol. The fourth-order valence-corrected chi connectivity index (χ4v) is 3.12. The summed E-state index contributed by atoms with van der Waals surface area (Å²) in [4.78, 5) is 0. The molecule has 1 saturated heterocycles. The molecule has 1 N–H and O–H groups in total. The van der Waals surface area contributed by atoms with Gasteiger partial charge in [-0.1, -0.05) is 26.0 Å². The van der Waals surface area contributed by atoms with Gasteiger partial charge in [0, 0.05) is 28.2 Å². The SMILES string of the molecule is CC(C)NCC1(Cc2ccc(I)cc2)CCOC1C. The van der Waals surface area contributed by atoms with Gasteiger partial charge in [0.05, 0.1) is 6.10 Å². The molecule has 0 bridgehead atoms. The number of ether oxygens (including phenoxy) is 1. The molecule has 1 aliphatic heterocycles. The second-order valence-corrected chi connectivity index (χ2v) is 7.21. The summed E-state index contributed by atoms with van der Waals surface area (Å²) in [7, 11) is 0. The maximum Gasteiger partial charge on any atom is 0.0619 e. The molecule has 106 valence electrons. The van der Waals surface area contributed by atoms with Gasteiger partial charge in [-0.3, -0.25) is 0 Å². The van der Waals surface area contributed by atoms with E-state index in [0.29, 0.717) is 12.1 Å². The highest BCUT2D eigenvalue weighted by atomic mass is 127. The van der Waals surface area contributed by atoms with Crippen LogP contribution in [0.3, 0.4) is 0 Å². The van der Waals surface area contributed by atoms with E-state index in [9.17, 15) is 0 Å². The van der Waals surface area contributed by atoms with E-state index < -0.39 is 0 Å². The minimum Gasteiger partial charge on any atom is -0.378 e. The largest absolute Gasteiger partial charge is 0.378 e. The molecule has 2 unspecified atom stereocenters. The minimum absolute atomic E-state index is 0.247. The summed E-state index contributed by atoms with van der Waals surface area (Å²) >= 11 is 2.36. The van der Waals surface area contributed by atoms with Gasteiger partial charge in [0.1, 0.15) is 0 Å². The van der Waals surface area contributed by atoms with Gasteiger partial charge in [0.15, 0.2) is 0 Å². The highest BCUT2D eigenvalue weighted by Crippen LogP contribution is 2.38. The maximum atomic E-state index is 5.86. The van der Waals surface area contributed by atoms with Gasteiger partial charge in [-0.15, -0.1) is 0 Å². The summed E-state index contributed by atoms with van der Waals surface area (Å²) in [5.41, 5.74) is 1.67. The summed E-state index contributed by atoms with van der Waals surface area (Å²) in [5.74, 6) is 0. The van der Waals surface area contributed by atoms with Gasteiger partial charge in [0.2, 0.25) is 0 Å². The van der Waals surface area contributed by atoms with Crippen LogP contribution in [0.4, 0.5) is 0 Å². The summed E-state index contributed by atoms with van der Waals surface area (Å²) in [6.45, 7) is 8.57. The Balaban J connectivity index is 2.11. The first-order chi connectivity index (χ1) is 9.02. The molecular formula is C16H24INO. The zero-order valence-electron chi connectivity index (χ0n) is 12.1. The lowest BCUT2D eigenvalue weighted by molar-refractivity contribution is 0.0621. The van der Waals surface area contributed by atoms with Crippen molar-refractivity contribution in [3.8, 4) is 0 Å². The lowest BCUT2D eigenvalue weighted by atomic mass is 9.76. The van der Waals surface area contributed by atoms with Crippen LogP contribution in [0.25, 0.3) is 0 Å². The van der Waals surface area contributed by atoms with Crippen molar-refractivity contribution < 1.29 is 4.74 Å². The van der Waals surface area contributed by atoms with E-state index in [0.717, 1.165) is 26.0 Å². The Morgan fingerprint density at radius 2 is 2.05 bits per heavy atom. The molecule has 2 rings (SSSR count). The second kappa shape index (κ2) is 6.55. The fourth-order valence-electron chi connectivity index (χ4n) is 2.76. The van der Waals surface area contributed by atoms with Crippen LogP contribution in [0.1, 0.15) is 32.8 Å². The molecule has 2 atom stereocenters. The average Bonchev–Trinajstić information content (AvgIpc) is 2.72. The molecule has 19 heavy (non-hydrogen) atoms. The Morgan fingerprint density at radius 3 is 2.58 bits per heavy atom. The minimum atomic E-state index is 0.247. The Hall–Kier alpha value is -0.130. The first kappa shape index (κ1) is 15.3. The summed E-state index contributed by atoms with van der Waals surface area (Å²) in [6, 6.07) is 9.43. The lowest BCUT2D eigenvalue weighted by Crippen LogP contribution is -2.43. The molecule has 1 aromatic carbocycles. The van der Waals surface area contributed by atoms with Crippen LogP contribution < -0.4 is 5.32 Å². The van der Waals surface area contributed by atoms with Gasteiger partial charge >= 0.3 is 0 Å². The third-order valence-electron chi connectivity index (χ3n) is 4.16. The fraction of sp³-hybridized carbons (Fsp3) is 0.625. The molecule has 0 spiro atoms. The van der Waals surface area contributed by atoms with Crippen molar-refractivity contribution in [3.63, 3.8) is 0 Å². The van der Waals surface area contributed by atoms with Gasteiger partial charge in [-0.25, -0.2) is 0 Å². The van der Waals surface area contributed by atoms with Crippen LogP contribution in [0.5, 0.6) is 0 Å². The summed E-state index contributed by atoms with van der Waals surface area (Å²) in [5, 5.41) is 3.61. The van der Waals surface area contributed by atoms with Gasteiger partial charge < -0.3 is 10.1 Å². The van der Waals surface area contributed by atoms with Gasteiger partial charge in [-0.05, 0) is 60.1 Å². The van der Waals surface area contributed by atoms with Crippen molar-refractivity contribution in [3.05, 3.63) is 33.4 Å². The smallest absolute Gasteiger partial charge is 0.0619 e. The quantitative estimate of drug-likeness (QED) is 0.796. The highest BCUT2D eigenvalue weighted by molar-refractivity contribution is 14.1. The number of hydrogen-bond acceptors (Lipinski definition) is 2. The van der Waals surface area contributed by atoms with Gasteiger partial charge in [-0.2, -0.15) is 0 Å². The normalized spacial score (nSPS) is 27.1. The van der Waals surface area contributed by atoms with Crippen LogP contribution in [0, 0.1) is 8.99 Å². The molecule has 1 fully saturated rings. The van der Waals surface area contributed by atoms with Gasteiger partial charge in [0.25, 0.3) is 0 Å². The van der Waals surface area contributed by atoms with Crippen molar-refractivity contribution in [2.75, 3.05) is 13.2 Å².